The summed E-state index contributed by atoms with van der Waals surface area (Å²) >= 11 is 0. The van der Waals surface area contributed by atoms with Crippen molar-refractivity contribution in [3.63, 3.8) is 0 Å². The zero-order valence-corrected chi connectivity index (χ0v) is 18.1. The fraction of sp³-hybridized carbons (Fsp3) is 0.417. The van der Waals surface area contributed by atoms with E-state index in [9.17, 15) is 14.7 Å². The fourth-order valence-electron chi connectivity index (χ4n) is 3.91. The summed E-state index contributed by atoms with van der Waals surface area (Å²) in [7, 11) is 0. The quantitative estimate of drug-likeness (QED) is 0.627. The third-order valence-corrected chi connectivity index (χ3v) is 5.67. The number of furan rings is 1. The van der Waals surface area contributed by atoms with Gasteiger partial charge in [-0.3, -0.25) is 9.59 Å². The molecule has 1 N–H and O–H groups in total. The lowest BCUT2D eigenvalue weighted by Gasteiger charge is -2.28. The van der Waals surface area contributed by atoms with E-state index in [-0.39, 0.29) is 11.3 Å². The van der Waals surface area contributed by atoms with Gasteiger partial charge in [-0.1, -0.05) is 43.7 Å². The number of ketones is 1. The van der Waals surface area contributed by atoms with Crippen molar-refractivity contribution in [2.24, 2.45) is 0 Å². The average Bonchev–Trinajstić information content (AvgIpc) is 3.28. The molecule has 160 valence electrons. The van der Waals surface area contributed by atoms with Crippen LogP contribution >= 0.6 is 0 Å². The van der Waals surface area contributed by atoms with Gasteiger partial charge in [-0.05, 0) is 57.6 Å². The molecule has 0 radical (unpaired) electrons. The molecule has 0 aliphatic carbocycles. The summed E-state index contributed by atoms with van der Waals surface area (Å²) in [6, 6.07) is 10.4. The van der Waals surface area contributed by atoms with Crippen LogP contribution in [0.4, 0.5) is 0 Å². The minimum absolute atomic E-state index is 0.0843. The lowest BCUT2D eigenvalue weighted by atomic mass is 9.94. The molecule has 1 aromatic heterocycles. The number of aliphatic hydroxyl groups excluding tert-OH is 1. The zero-order chi connectivity index (χ0) is 21.8. The molecule has 3 rings (SSSR count). The third-order valence-electron chi connectivity index (χ3n) is 5.67. The number of hydrogen-bond donors (Lipinski definition) is 1. The minimum atomic E-state index is -0.632. The molecule has 0 bridgehead atoms. The smallest absolute Gasteiger partial charge is 0.290 e. The summed E-state index contributed by atoms with van der Waals surface area (Å²) < 4.78 is 5.49. The SMILES string of the molecule is CCN(CC)CCCN1C(=O)C(O)=C(C(=O)c2ccc(C)o2)[C@H]1c1ccc(C)cc1. The maximum atomic E-state index is 13.2. The maximum Gasteiger partial charge on any atom is 0.290 e. The second kappa shape index (κ2) is 9.30. The highest BCUT2D eigenvalue weighted by molar-refractivity contribution is 6.15. The standard InChI is InChI=1S/C24H30N2O4/c1-5-25(6-2)14-7-15-26-21(18-11-8-16(3)9-12-18)20(23(28)24(26)29)22(27)19-13-10-17(4)30-19/h8-13,21,28H,5-7,14-15H2,1-4H3/t21-/m1/s1. The highest BCUT2D eigenvalue weighted by Crippen LogP contribution is 2.39. The zero-order valence-electron chi connectivity index (χ0n) is 18.1. The van der Waals surface area contributed by atoms with Crippen LogP contribution in [0.3, 0.4) is 0 Å². The molecule has 1 atom stereocenters. The second-order valence-electron chi connectivity index (χ2n) is 7.69. The summed E-state index contributed by atoms with van der Waals surface area (Å²) in [5, 5.41) is 10.7. The first-order valence-electron chi connectivity index (χ1n) is 10.5. The van der Waals surface area contributed by atoms with Crippen LogP contribution in [0, 0.1) is 13.8 Å². The van der Waals surface area contributed by atoms with E-state index in [1.165, 1.54) is 0 Å². The summed E-state index contributed by atoms with van der Waals surface area (Å²) in [5.74, 6) is -0.713. The van der Waals surface area contributed by atoms with Crippen LogP contribution in [0.15, 0.2) is 52.1 Å². The lowest BCUT2D eigenvalue weighted by molar-refractivity contribution is -0.129. The van der Waals surface area contributed by atoms with Gasteiger partial charge in [0, 0.05) is 6.54 Å². The Morgan fingerprint density at radius 2 is 1.77 bits per heavy atom. The Morgan fingerprint density at radius 1 is 1.10 bits per heavy atom. The lowest BCUT2D eigenvalue weighted by Crippen LogP contribution is -2.34. The average molecular weight is 411 g/mol. The van der Waals surface area contributed by atoms with Gasteiger partial charge in [0.25, 0.3) is 5.91 Å². The largest absolute Gasteiger partial charge is 0.503 e. The first kappa shape index (κ1) is 21.8. The van der Waals surface area contributed by atoms with Crippen molar-refractivity contribution in [1.82, 2.24) is 9.80 Å². The molecular weight excluding hydrogens is 380 g/mol. The van der Waals surface area contributed by atoms with E-state index >= 15 is 0 Å². The van der Waals surface area contributed by atoms with Gasteiger partial charge in [0.15, 0.2) is 11.5 Å². The van der Waals surface area contributed by atoms with Crippen molar-refractivity contribution in [2.45, 2.75) is 40.2 Å². The molecule has 0 saturated heterocycles. The van der Waals surface area contributed by atoms with Gasteiger partial charge in [-0.25, -0.2) is 0 Å². The van der Waals surface area contributed by atoms with Crippen molar-refractivity contribution < 1.29 is 19.1 Å². The molecular formula is C24H30N2O4. The van der Waals surface area contributed by atoms with E-state index in [1.807, 2.05) is 31.2 Å². The third kappa shape index (κ3) is 4.33. The summed E-state index contributed by atoms with van der Waals surface area (Å²) in [6.07, 6.45) is 0.754. The number of nitrogens with zero attached hydrogens (tertiary/aromatic N) is 2. The van der Waals surface area contributed by atoms with Crippen LogP contribution in [0.1, 0.15) is 53.8 Å². The minimum Gasteiger partial charge on any atom is -0.503 e. The molecule has 0 spiro atoms. The topological polar surface area (TPSA) is 74.0 Å². The van der Waals surface area contributed by atoms with Crippen LogP contribution in [0.2, 0.25) is 0 Å². The maximum absolute atomic E-state index is 13.2. The Hall–Kier alpha value is -2.86. The molecule has 1 aromatic carbocycles. The second-order valence-corrected chi connectivity index (χ2v) is 7.69. The fourth-order valence-corrected chi connectivity index (χ4v) is 3.91. The van der Waals surface area contributed by atoms with Crippen LogP contribution in [-0.2, 0) is 4.79 Å². The van der Waals surface area contributed by atoms with Crippen molar-refractivity contribution in [2.75, 3.05) is 26.2 Å². The van der Waals surface area contributed by atoms with Gasteiger partial charge < -0.3 is 19.3 Å². The molecule has 1 amide bonds. The molecule has 6 nitrogen and oxygen atoms in total. The molecule has 2 aromatic rings. The number of aliphatic hydroxyl groups is 1. The van der Waals surface area contributed by atoms with E-state index in [2.05, 4.69) is 18.7 Å². The van der Waals surface area contributed by atoms with E-state index in [0.717, 1.165) is 37.2 Å². The van der Waals surface area contributed by atoms with Gasteiger partial charge >= 0.3 is 0 Å². The Bertz CT molecular complexity index is 938. The predicted octanol–water partition coefficient (Wildman–Crippen LogP) is 4.21. The van der Waals surface area contributed by atoms with E-state index in [1.54, 1.807) is 24.0 Å². The van der Waals surface area contributed by atoms with Crippen molar-refractivity contribution in [3.05, 3.63) is 70.4 Å². The van der Waals surface area contributed by atoms with Gasteiger partial charge in [0.2, 0.25) is 5.78 Å². The first-order valence-corrected chi connectivity index (χ1v) is 10.5. The molecule has 1 aliphatic heterocycles. The normalized spacial score (nSPS) is 16.8. The van der Waals surface area contributed by atoms with Gasteiger partial charge in [0.1, 0.15) is 5.76 Å². The van der Waals surface area contributed by atoms with E-state index in [0.29, 0.717) is 12.3 Å². The van der Waals surface area contributed by atoms with Crippen LogP contribution < -0.4 is 0 Å². The number of amides is 1. The highest BCUT2D eigenvalue weighted by atomic mass is 16.3. The predicted molar refractivity (Wildman–Crippen MR) is 115 cm³/mol. The monoisotopic (exact) mass is 410 g/mol. The van der Waals surface area contributed by atoms with E-state index in [4.69, 9.17) is 4.42 Å². The van der Waals surface area contributed by atoms with Gasteiger partial charge in [0.05, 0.1) is 11.6 Å². The van der Waals surface area contributed by atoms with Crippen LogP contribution in [0.25, 0.3) is 0 Å². The molecule has 1 aliphatic rings. The number of hydrogen-bond acceptors (Lipinski definition) is 5. The van der Waals surface area contributed by atoms with Gasteiger partial charge in [-0.15, -0.1) is 0 Å². The van der Waals surface area contributed by atoms with Crippen molar-refractivity contribution in [1.29, 1.82) is 0 Å². The highest BCUT2D eigenvalue weighted by Gasteiger charge is 2.44. The van der Waals surface area contributed by atoms with Crippen molar-refractivity contribution >= 4 is 11.7 Å². The van der Waals surface area contributed by atoms with E-state index < -0.39 is 23.5 Å². The Morgan fingerprint density at radius 3 is 2.33 bits per heavy atom. The summed E-state index contributed by atoms with van der Waals surface area (Å²) in [5.41, 5.74) is 1.97. The molecule has 30 heavy (non-hydrogen) atoms. The number of carbonyl (C=O) groups is 2. The molecule has 2 heterocycles. The van der Waals surface area contributed by atoms with Crippen LogP contribution in [0.5, 0.6) is 0 Å². The summed E-state index contributed by atoms with van der Waals surface area (Å²) in [4.78, 5) is 30.0. The van der Waals surface area contributed by atoms with Crippen molar-refractivity contribution in [3.8, 4) is 0 Å². The summed E-state index contributed by atoms with van der Waals surface area (Å²) in [6.45, 7) is 11.1. The number of carbonyl (C=O) groups excluding carboxylic acids is 2. The Balaban J connectivity index is 1.94. The first-order chi connectivity index (χ1) is 14.4. The number of aryl methyl sites for hydroxylation is 2. The molecule has 0 saturated carbocycles. The van der Waals surface area contributed by atoms with Gasteiger partial charge in [-0.2, -0.15) is 0 Å². The Labute approximate surface area is 177 Å². The molecule has 0 unspecified atom stereocenters. The molecule has 0 fully saturated rings. The molecule has 6 heteroatoms. The Kier molecular flexibility index (Phi) is 6.77. The number of Topliss-reactive ketones (excluding diaryl/α,β-unsaturated/α-hetero) is 1. The number of rotatable bonds is 9. The van der Waals surface area contributed by atoms with Crippen LogP contribution in [-0.4, -0.2) is 52.8 Å². The number of benzene rings is 1.